The van der Waals surface area contributed by atoms with Crippen LogP contribution < -0.4 is 9.80 Å². The molecule has 2 heterocycles. The van der Waals surface area contributed by atoms with Crippen LogP contribution in [0.2, 0.25) is 0 Å². The van der Waals surface area contributed by atoms with Gasteiger partial charge in [0.15, 0.2) is 0 Å². The minimum atomic E-state index is 1.13. The van der Waals surface area contributed by atoms with E-state index in [0.29, 0.717) is 0 Å². The van der Waals surface area contributed by atoms with Crippen LogP contribution in [0.1, 0.15) is 0 Å². The topological polar surface area (TPSA) is 6.48 Å². The average molecular weight is 925 g/mol. The Morgan fingerprint density at radius 2 is 0.514 bits per heavy atom. The second-order valence-electron chi connectivity index (χ2n) is 18.3. The zero-order valence-corrected chi connectivity index (χ0v) is 39.4. The van der Waals surface area contributed by atoms with E-state index in [1.165, 1.54) is 116 Å². The largest absolute Gasteiger partial charge is 0.309 e. The fraction of sp³-hybridized carbons (Fsp3) is 0. The zero-order chi connectivity index (χ0) is 45.9. The quantitative estimate of drug-likeness (QED) is 0.121. The first kappa shape index (κ1) is 39.5. The maximum atomic E-state index is 2.49. The van der Waals surface area contributed by atoms with Gasteiger partial charge in [-0.15, -0.1) is 22.7 Å². The van der Waals surface area contributed by atoms with Crippen molar-refractivity contribution in [1.29, 1.82) is 0 Å². The van der Waals surface area contributed by atoms with Crippen molar-refractivity contribution >= 4 is 162 Å². The first-order valence-corrected chi connectivity index (χ1v) is 25.5. The lowest BCUT2D eigenvalue weighted by atomic mass is 9.88. The Morgan fingerprint density at radius 3 is 0.914 bits per heavy atom. The molecule has 2 aromatic heterocycles. The summed E-state index contributed by atoms with van der Waals surface area (Å²) in [6, 6.07) is 90.0. The lowest BCUT2D eigenvalue weighted by Crippen LogP contribution is -2.10. The molecule has 0 aliphatic heterocycles. The Bertz CT molecular complexity index is 4310. The highest BCUT2D eigenvalue weighted by Gasteiger charge is 2.22. The third-order valence-corrected chi connectivity index (χ3v) is 17.0. The normalized spacial score (nSPS) is 12.0. The Balaban J connectivity index is 0.960. The van der Waals surface area contributed by atoms with Crippen LogP contribution in [0.4, 0.5) is 34.1 Å². The molecular weight excluding hydrogens is 885 g/mol. The molecule has 2 nitrogen and oxygen atoms in total. The van der Waals surface area contributed by atoms with Crippen molar-refractivity contribution in [3.05, 3.63) is 243 Å². The summed E-state index contributed by atoms with van der Waals surface area (Å²) in [4.78, 5) is 4.90. The fourth-order valence-corrected chi connectivity index (χ4v) is 13.9. The second-order valence-corrected chi connectivity index (χ2v) is 20.4. The molecule has 0 N–H and O–H groups in total. The Labute approximate surface area is 411 Å². The lowest BCUT2D eigenvalue weighted by Gasteiger charge is -2.27. The van der Waals surface area contributed by atoms with Gasteiger partial charge in [0, 0.05) is 53.7 Å². The van der Waals surface area contributed by atoms with Crippen LogP contribution >= 0.6 is 22.7 Å². The van der Waals surface area contributed by atoms with Crippen molar-refractivity contribution in [3.8, 4) is 0 Å². The Morgan fingerprint density at radius 1 is 0.200 bits per heavy atom. The molecule has 15 rings (SSSR count). The van der Waals surface area contributed by atoms with Gasteiger partial charge in [-0.2, -0.15) is 0 Å². The van der Waals surface area contributed by atoms with Crippen LogP contribution in [-0.2, 0) is 0 Å². The molecule has 0 unspecified atom stereocenters. The maximum absolute atomic E-state index is 2.49. The molecule has 13 aromatic carbocycles. The Hall–Kier alpha value is -8.54. The van der Waals surface area contributed by atoms with Gasteiger partial charge in [0.1, 0.15) is 0 Å². The van der Waals surface area contributed by atoms with Gasteiger partial charge >= 0.3 is 0 Å². The molecule has 15 aromatic rings. The van der Waals surface area contributed by atoms with Gasteiger partial charge in [0.25, 0.3) is 0 Å². The SMILES string of the molecule is c1ccc(N(c2ccc3c(c2)c2ccccc2c2cc4c5ccc(N(c6ccccc6)c6cccc7c6sc6ccccc67)cc5c5ccccc5c4cc32)c2cccc3c2sc2ccccc23)cc1. The number of para-hydroxylation sites is 2. The van der Waals surface area contributed by atoms with E-state index in [4.69, 9.17) is 0 Å². The van der Waals surface area contributed by atoms with Gasteiger partial charge in [-0.25, -0.2) is 0 Å². The summed E-state index contributed by atoms with van der Waals surface area (Å²) in [6.45, 7) is 0. The molecule has 0 aliphatic carbocycles. The molecule has 70 heavy (non-hydrogen) atoms. The molecule has 0 amide bonds. The number of benzene rings is 13. The summed E-state index contributed by atoms with van der Waals surface area (Å²) < 4.78 is 5.18. The molecule has 0 bridgehead atoms. The van der Waals surface area contributed by atoms with Crippen molar-refractivity contribution < 1.29 is 0 Å². The monoisotopic (exact) mass is 924 g/mol. The van der Waals surface area contributed by atoms with Crippen LogP contribution in [0.15, 0.2) is 243 Å². The number of fused-ring (bicyclic) bond motifs is 18. The van der Waals surface area contributed by atoms with Crippen LogP contribution in [0.5, 0.6) is 0 Å². The number of anilines is 6. The summed E-state index contributed by atoms with van der Waals surface area (Å²) in [7, 11) is 0. The van der Waals surface area contributed by atoms with Gasteiger partial charge in [0.05, 0.1) is 20.8 Å². The van der Waals surface area contributed by atoms with E-state index >= 15 is 0 Å². The summed E-state index contributed by atoms with van der Waals surface area (Å²) >= 11 is 3.75. The lowest BCUT2D eigenvalue weighted by molar-refractivity contribution is 1.31. The zero-order valence-electron chi connectivity index (χ0n) is 37.8. The summed E-state index contributed by atoms with van der Waals surface area (Å²) in [5.74, 6) is 0. The average Bonchev–Trinajstić information content (AvgIpc) is 4.01. The first-order valence-electron chi connectivity index (χ1n) is 23.9. The molecule has 326 valence electrons. The highest BCUT2D eigenvalue weighted by atomic mass is 32.1. The number of thiophene rings is 2. The van der Waals surface area contributed by atoms with E-state index in [2.05, 4.69) is 252 Å². The van der Waals surface area contributed by atoms with Gasteiger partial charge in [0.2, 0.25) is 0 Å². The Kier molecular flexibility index (Phi) is 8.73. The van der Waals surface area contributed by atoms with Gasteiger partial charge in [-0.1, -0.05) is 158 Å². The summed E-state index contributed by atoms with van der Waals surface area (Å²) in [6.07, 6.45) is 0. The minimum absolute atomic E-state index is 1.13. The van der Waals surface area contributed by atoms with Gasteiger partial charge in [-0.3, -0.25) is 0 Å². The molecule has 0 spiro atoms. The number of hydrogen-bond acceptors (Lipinski definition) is 4. The summed E-state index contributed by atoms with van der Waals surface area (Å²) in [5.41, 5.74) is 6.90. The van der Waals surface area contributed by atoms with Crippen LogP contribution in [-0.4, -0.2) is 0 Å². The standard InChI is InChI=1S/C66H40N2S2/c1-3-17-41(18-4-1)67(61-29-15-27-53-51-25-11-13-31-63(51)69-65(53)61)43-33-35-49-55(37-43)45-21-7-9-23-47(45)57-40-60-50-36-34-44(38-56(50)46-22-8-10-24-48(46)58(60)39-59(49)57)68(42-19-5-2-6-20-42)62-30-16-28-54-52-26-12-14-32-64(52)70-66(54)62/h1-40H. The van der Waals surface area contributed by atoms with Crippen molar-refractivity contribution in [2.45, 2.75) is 0 Å². The predicted octanol–water partition coefficient (Wildman–Crippen LogP) is 20.3. The van der Waals surface area contributed by atoms with Crippen molar-refractivity contribution in [2.24, 2.45) is 0 Å². The van der Waals surface area contributed by atoms with Gasteiger partial charge < -0.3 is 9.80 Å². The van der Waals surface area contributed by atoms with Crippen molar-refractivity contribution in [2.75, 3.05) is 9.80 Å². The van der Waals surface area contributed by atoms with Crippen LogP contribution in [0.25, 0.3) is 105 Å². The van der Waals surface area contributed by atoms with E-state index in [9.17, 15) is 0 Å². The number of nitrogens with zero attached hydrogens (tertiary/aromatic N) is 2. The van der Waals surface area contributed by atoms with Crippen molar-refractivity contribution in [3.63, 3.8) is 0 Å². The van der Waals surface area contributed by atoms with Crippen LogP contribution in [0, 0.1) is 0 Å². The number of hydrogen-bond donors (Lipinski definition) is 0. The summed E-state index contributed by atoms with van der Waals surface area (Å²) in [5, 5.41) is 20.2. The second kappa shape index (κ2) is 15.5. The molecule has 0 atom stereocenters. The molecule has 0 fully saturated rings. The highest BCUT2D eigenvalue weighted by molar-refractivity contribution is 7.26. The molecule has 4 heteroatoms. The van der Waals surface area contributed by atoms with Crippen LogP contribution in [0.3, 0.4) is 0 Å². The van der Waals surface area contributed by atoms with E-state index in [1.807, 2.05) is 22.7 Å². The minimum Gasteiger partial charge on any atom is -0.309 e. The maximum Gasteiger partial charge on any atom is 0.0640 e. The highest BCUT2D eigenvalue weighted by Crippen LogP contribution is 2.49. The molecule has 0 saturated carbocycles. The fourth-order valence-electron chi connectivity index (χ4n) is 11.5. The third kappa shape index (κ3) is 5.91. The molecule has 0 saturated heterocycles. The van der Waals surface area contributed by atoms with E-state index < -0.39 is 0 Å². The predicted molar refractivity (Wildman–Crippen MR) is 307 cm³/mol. The van der Waals surface area contributed by atoms with E-state index in [0.717, 1.165) is 22.7 Å². The molecular formula is C66H40N2S2. The van der Waals surface area contributed by atoms with Crippen molar-refractivity contribution in [1.82, 2.24) is 0 Å². The molecule has 0 aliphatic rings. The number of rotatable bonds is 6. The van der Waals surface area contributed by atoms with Gasteiger partial charge in [-0.05, 0) is 150 Å². The van der Waals surface area contributed by atoms with E-state index in [-0.39, 0.29) is 0 Å². The third-order valence-electron chi connectivity index (χ3n) is 14.6. The smallest absolute Gasteiger partial charge is 0.0640 e. The van der Waals surface area contributed by atoms with E-state index in [1.54, 1.807) is 0 Å². The first-order chi connectivity index (χ1) is 34.7. The molecule has 0 radical (unpaired) electrons.